The van der Waals surface area contributed by atoms with Gasteiger partial charge in [0.2, 0.25) is 0 Å². The second kappa shape index (κ2) is 17.3. The Bertz CT molecular complexity index is 418. The molecule has 2 heteroatoms. The second-order valence-corrected chi connectivity index (χ2v) is 8.21. The van der Waals surface area contributed by atoms with Crippen LogP contribution in [0.2, 0.25) is 0 Å². The minimum absolute atomic E-state index is 0.0215. The van der Waals surface area contributed by atoms with Crippen LogP contribution in [0, 0.1) is 5.21 Å². The molecule has 0 radical (unpaired) electrons. The summed E-state index contributed by atoms with van der Waals surface area (Å²) in [7, 11) is 1.66. The Hall–Kier alpha value is -0.860. The quantitative estimate of drug-likeness (QED) is 0.190. The van der Waals surface area contributed by atoms with Crippen LogP contribution in [0.5, 0.6) is 0 Å². The Morgan fingerprint density at radius 2 is 1.07 bits per heavy atom. The maximum absolute atomic E-state index is 11.8. The molecule has 0 aromatic heterocycles. The Morgan fingerprint density at radius 1 is 0.667 bits per heavy atom. The predicted octanol–water partition coefficient (Wildman–Crippen LogP) is 8.42. The van der Waals surface area contributed by atoms with E-state index in [-0.39, 0.29) is 6.04 Å². The van der Waals surface area contributed by atoms with Crippen LogP contribution in [0.15, 0.2) is 30.3 Å². The smallest absolute Gasteiger partial charge is 0.0229 e. The van der Waals surface area contributed by atoms with E-state index in [0.29, 0.717) is 0 Å². The van der Waals surface area contributed by atoms with Crippen LogP contribution in [0.25, 0.3) is 0 Å². The van der Waals surface area contributed by atoms with Gasteiger partial charge in [0.1, 0.15) is 0 Å². The van der Waals surface area contributed by atoms with Gasteiger partial charge in [0.25, 0.3) is 0 Å². The first-order valence-corrected chi connectivity index (χ1v) is 11.7. The molecule has 0 saturated carbocycles. The lowest BCUT2D eigenvalue weighted by molar-refractivity contribution is 0.310. The van der Waals surface area contributed by atoms with Crippen molar-refractivity contribution in [3.63, 3.8) is 0 Å². The number of rotatable bonds is 18. The van der Waals surface area contributed by atoms with E-state index in [4.69, 9.17) is 0 Å². The molecule has 0 aliphatic carbocycles. The first-order chi connectivity index (χ1) is 13.3. The molecule has 0 spiro atoms. The Labute approximate surface area is 169 Å². The van der Waals surface area contributed by atoms with E-state index in [1.54, 1.807) is 7.05 Å². The van der Waals surface area contributed by atoms with Crippen molar-refractivity contribution in [1.29, 1.82) is 0 Å². The lowest BCUT2D eigenvalue weighted by Gasteiger charge is -2.33. The number of benzene rings is 1. The molecule has 1 aromatic rings. The van der Waals surface area contributed by atoms with E-state index >= 15 is 0 Å². The maximum Gasteiger partial charge on any atom is 0.0229 e. The van der Waals surface area contributed by atoms with Gasteiger partial charge in [-0.1, -0.05) is 134 Å². The van der Waals surface area contributed by atoms with Crippen LogP contribution < -0.4 is 0 Å². The van der Waals surface area contributed by atoms with Crippen molar-refractivity contribution in [3.05, 3.63) is 41.1 Å². The standard InChI is InChI=1S/C25H44NO/c1-3-4-5-6-7-8-9-10-11-12-13-14-15-16-20-23-25(26(2)27)24-21-18-17-19-22-24/h17-19,21-22,25H,3-16,20,23H2,1-2H3/q-1. The largest absolute Gasteiger partial charge is 0.785 e. The summed E-state index contributed by atoms with van der Waals surface area (Å²) in [5.41, 5.74) is 1.15. The van der Waals surface area contributed by atoms with Gasteiger partial charge >= 0.3 is 0 Å². The minimum atomic E-state index is 0.0215. The van der Waals surface area contributed by atoms with Crippen LogP contribution in [-0.4, -0.2) is 12.1 Å². The maximum atomic E-state index is 11.8. The van der Waals surface area contributed by atoms with Crippen LogP contribution in [-0.2, 0) is 0 Å². The summed E-state index contributed by atoms with van der Waals surface area (Å²) < 4.78 is 0. The second-order valence-electron chi connectivity index (χ2n) is 8.21. The molecule has 1 atom stereocenters. The zero-order valence-corrected chi connectivity index (χ0v) is 18.1. The third kappa shape index (κ3) is 13.0. The summed E-state index contributed by atoms with van der Waals surface area (Å²) in [6.07, 6.45) is 21.7. The zero-order chi connectivity index (χ0) is 19.6. The first-order valence-electron chi connectivity index (χ1n) is 11.7. The van der Waals surface area contributed by atoms with Gasteiger partial charge in [-0.2, -0.15) is 0 Å². The van der Waals surface area contributed by atoms with E-state index in [1.807, 2.05) is 18.2 Å². The number of hydroxylamine groups is 2. The van der Waals surface area contributed by atoms with Crippen LogP contribution in [0.4, 0.5) is 0 Å². The van der Waals surface area contributed by atoms with Gasteiger partial charge in [-0.3, -0.25) is 0 Å². The predicted molar refractivity (Wildman–Crippen MR) is 120 cm³/mol. The van der Waals surface area contributed by atoms with E-state index < -0.39 is 0 Å². The Morgan fingerprint density at radius 3 is 1.48 bits per heavy atom. The summed E-state index contributed by atoms with van der Waals surface area (Å²) >= 11 is 0. The van der Waals surface area contributed by atoms with Gasteiger partial charge in [-0.15, -0.1) is 0 Å². The van der Waals surface area contributed by atoms with Crippen molar-refractivity contribution in [1.82, 2.24) is 5.06 Å². The Balaban J connectivity index is 1.90. The molecular weight excluding hydrogens is 330 g/mol. The molecule has 156 valence electrons. The molecule has 0 aliphatic heterocycles. The molecule has 2 nitrogen and oxygen atoms in total. The number of hydrogen-bond acceptors (Lipinski definition) is 2. The minimum Gasteiger partial charge on any atom is -0.785 e. The summed E-state index contributed by atoms with van der Waals surface area (Å²) in [5, 5.41) is 13.0. The van der Waals surface area contributed by atoms with Crippen molar-refractivity contribution >= 4 is 0 Å². The highest BCUT2D eigenvalue weighted by Gasteiger charge is 2.09. The normalized spacial score (nSPS) is 12.6. The SMILES string of the molecule is CCCCCCCCCCCCCCCCCC(c1ccccc1)N(C)[O-]. The van der Waals surface area contributed by atoms with Gasteiger partial charge in [0.15, 0.2) is 0 Å². The van der Waals surface area contributed by atoms with Crippen molar-refractivity contribution in [2.45, 2.75) is 116 Å². The third-order valence-corrected chi connectivity index (χ3v) is 5.70. The molecule has 0 amide bonds. The summed E-state index contributed by atoms with van der Waals surface area (Å²) in [5.74, 6) is 0. The van der Waals surface area contributed by atoms with Crippen molar-refractivity contribution in [3.8, 4) is 0 Å². The molecule has 1 unspecified atom stereocenters. The van der Waals surface area contributed by atoms with E-state index in [9.17, 15) is 5.21 Å². The first kappa shape index (κ1) is 24.2. The fourth-order valence-electron chi connectivity index (χ4n) is 3.94. The van der Waals surface area contributed by atoms with Crippen molar-refractivity contribution < 1.29 is 0 Å². The lowest BCUT2D eigenvalue weighted by atomic mass is 9.99. The Kier molecular flexibility index (Phi) is 15.4. The third-order valence-electron chi connectivity index (χ3n) is 5.70. The molecule has 27 heavy (non-hydrogen) atoms. The molecule has 1 rings (SSSR count). The highest BCUT2D eigenvalue weighted by Crippen LogP contribution is 2.25. The number of nitrogens with zero attached hydrogens (tertiary/aromatic N) is 1. The van der Waals surface area contributed by atoms with Crippen molar-refractivity contribution in [2.24, 2.45) is 0 Å². The fourth-order valence-corrected chi connectivity index (χ4v) is 3.94. The van der Waals surface area contributed by atoms with E-state index in [2.05, 4.69) is 19.1 Å². The average Bonchev–Trinajstić information content (AvgIpc) is 2.68. The van der Waals surface area contributed by atoms with Gasteiger partial charge in [-0.25, -0.2) is 0 Å². The molecule has 0 aliphatic rings. The van der Waals surface area contributed by atoms with Crippen molar-refractivity contribution in [2.75, 3.05) is 7.05 Å². The molecule has 1 aromatic carbocycles. The van der Waals surface area contributed by atoms with Gasteiger partial charge in [0.05, 0.1) is 0 Å². The summed E-state index contributed by atoms with van der Waals surface area (Å²) in [6.45, 7) is 2.28. The topological polar surface area (TPSA) is 26.3 Å². The molecule has 0 heterocycles. The average molecular weight is 375 g/mol. The molecular formula is C25H44NO-. The van der Waals surface area contributed by atoms with Crippen LogP contribution in [0.1, 0.15) is 121 Å². The van der Waals surface area contributed by atoms with Crippen LogP contribution >= 0.6 is 0 Å². The van der Waals surface area contributed by atoms with Gasteiger partial charge in [-0.05, 0) is 19.0 Å². The fraction of sp³-hybridized carbons (Fsp3) is 0.760. The zero-order valence-electron chi connectivity index (χ0n) is 18.1. The number of hydrogen-bond donors (Lipinski definition) is 0. The molecule has 0 saturated heterocycles. The molecule has 0 fully saturated rings. The number of unbranched alkanes of at least 4 members (excludes halogenated alkanes) is 14. The van der Waals surface area contributed by atoms with E-state index in [0.717, 1.165) is 23.5 Å². The highest BCUT2D eigenvalue weighted by atomic mass is 16.5. The monoisotopic (exact) mass is 374 g/mol. The van der Waals surface area contributed by atoms with E-state index in [1.165, 1.54) is 89.9 Å². The van der Waals surface area contributed by atoms with Gasteiger partial charge < -0.3 is 10.3 Å². The molecule has 0 bridgehead atoms. The van der Waals surface area contributed by atoms with Crippen LogP contribution in [0.3, 0.4) is 0 Å². The highest BCUT2D eigenvalue weighted by molar-refractivity contribution is 5.18. The lowest BCUT2D eigenvalue weighted by Crippen LogP contribution is -2.18. The summed E-state index contributed by atoms with van der Waals surface area (Å²) in [4.78, 5) is 0. The molecule has 0 N–H and O–H groups in total. The van der Waals surface area contributed by atoms with Gasteiger partial charge in [0, 0.05) is 6.04 Å². The summed E-state index contributed by atoms with van der Waals surface area (Å²) in [6, 6.07) is 10.2.